The summed E-state index contributed by atoms with van der Waals surface area (Å²) in [6.07, 6.45) is 0.975. The summed E-state index contributed by atoms with van der Waals surface area (Å²) in [4.78, 5) is 16.0. The van der Waals surface area contributed by atoms with Gasteiger partial charge in [0.2, 0.25) is 5.91 Å². The van der Waals surface area contributed by atoms with Crippen LogP contribution >= 0.6 is 0 Å². The molecular formula is C21H27N3O2. The largest absolute Gasteiger partial charge is 0.494 e. The topological polar surface area (TPSA) is 58.8 Å². The van der Waals surface area contributed by atoms with Gasteiger partial charge >= 0.3 is 0 Å². The highest BCUT2D eigenvalue weighted by Gasteiger charge is 2.25. The van der Waals surface area contributed by atoms with Crippen LogP contribution in [0.2, 0.25) is 0 Å². The van der Waals surface area contributed by atoms with Crippen LogP contribution < -0.4 is 10.5 Å². The van der Waals surface area contributed by atoms with Crippen LogP contribution in [0.5, 0.6) is 5.75 Å². The monoisotopic (exact) mass is 353 g/mol. The number of primary amides is 1. The van der Waals surface area contributed by atoms with Crippen LogP contribution in [0.25, 0.3) is 0 Å². The van der Waals surface area contributed by atoms with Crippen LogP contribution in [0.4, 0.5) is 0 Å². The number of nitrogens with two attached hydrogens (primary N) is 1. The normalized spacial score (nSPS) is 18.6. The zero-order chi connectivity index (χ0) is 18.4. The van der Waals surface area contributed by atoms with Gasteiger partial charge in [-0.3, -0.25) is 9.69 Å². The quantitative estimate of drug-likeness (QED) is 0.777. The number of piperazine rings is 1. The number of rotatable bonds is 7. The maximum Gasteiger partial charge on any atom is 0.248 e. The molecule has 0 aliphatic carbocycles. The molecule has 1 atom stereocenters. The van der Waals surface area contributed by atoms with E-state index >= 15 is 0 Å². The van der Waals surface area contributed by atoms with Crippen molar-refractivity contribution in [3.63, 3.8) is 0 Å². The first-order valence-electron chi connectivity index (χ1n) is 9.13. The Kier molecular flexibility index (Phi) is 6.26. The number of carbonyl (C=O) groups is 1. The molecule has 1 aliphatic heterocycles. The maximum atomic E-state index is 11.1. The molecule has 138 valence electrons. The lowest BCUT2D eigenvalue weighted by Gasteiger charge is -2.39. The van der Waals surface area contributed by atoms with Gasteiger partial charge in [-0.1, -0.05) is 30.3 Å². The van der Waals surface area contributed by atoms with Gasteiger partial charge in [-0.2, -0.15) is 0 Å². The standard InChI is InChI=1S/C21H27N3O2/c1-23-13-14-24(16-20(23)17-6-3-2-4-7-17)12-5-15-26-19-10-8-18(9-11-19)21(22)25/h2-4,6-11,20H,5,12-16H2,1H3,(H2,22,25). The summed E-state index contributed by atoms with van der Waals surface area (Å²) in [6.45, 7) is 4.91. The second kappa shape index (κ2) is 8.83. The summed E-state index contributed by atoms with van der Waals surface area (Å²) in [5, 5.41) is 0. The molecule has 2 N–H and O–H groups in total. The van der Waals surface area contributed by atoms with Crippen molar-refractivity contribution in [2.75, 3.05) is 39.8 Å². The van der Waals surface area contributed by atoms with Crippen molar-refractivity contribution < 1.29 is 9.53 Å². The Bertz CT molecular complexity index is 703. The number of benzene rings is 2. The van der Waals surface area contributed by atoms with Crippen molar-refractivity contribution in [3.05, 3.63) is 65.7 Å². The number of likely N-dealkylation sites (N-methyl/N-ethyl adjacent to an activating group) is 1. The fourth-order valence-electron chi connectivity index (χ4n) is 3.36. The van der Waals surface area contributed by atoms with Crippen molar-refractivity contribution in [2.45, 2.75) is 12.5 Å². The third-order valence-corrected chi connectivity index (χ3v) is 4.94. The molecule has 0 bridgehead atoms. The molecule has 0 aromatic heterocycles. The Labute approximate surface area is 155 Å². The number of amides is 1. The fraction of sp³-hybridized carbons (Fsp3) is 0.381. The number of nitrogens with zero attached hydrogens (tertiary/aromatic N) is 2. The van der Waals surface area contributed by atoms with Gasteiger partial charge in [0.25, 0.3) is 0 Å². The highest BCUT2D eigenvalue weighted by atomic mass is 16.5. The molecule has 0 radical (unpaired) electrons. The van der Waals surface area contributed by atoms with Gasteiger partial charge in [-0.05, 0) is 43.3 Å². The molecule has 2 aromatic carbocycles. The molecule has 5 nitrogen and oxygen atoms in total. The van der Waals surface area contributed by atoms with E-state index in [1.54, 1.807) is 24.3 Å². The molecule has 26 heavy (non-hydrogen) atoms. The Morgan fingerprint density at radius 2 is 1.85 bits per heavy atom. The molecule has 5 heteroatoms. The SMILES string of the molecule is CN1CCN(CCCOc2ccc(C(N)=O)cc2)CC1c1ccccc1. The summed E-state index contributed by atoms with van der Waals surface area (Å²) >= 11 is 0. The minimum absolute atomic E-state index is 0.417. The lowest BCUT2D eigenvalue weighted by Crippen LogP contribution is -2.47. The molecule has 1 heterocycles. The van der Waals surface area contributed by atoms with E-state index in [4.69, 9.17) is 10.5 Å². The van der Waals surface area contributed by atoms with Crippen LogP contribution in [0.1, 0.15) is 28.4 Å². The van der Waals surface area contributed by atoms with E-state index in [2.05, 4.69) is 47.2 Å². The van der Waals surface area contributed by atoms with Gasteiger partial charge in [-0.25, -0.2) is 0 Å². The Morgan fingerprint density at radius 3 is 2.54 bits per heavy atom. The maximum absolute atomic E-state index is 11.1. The highest BCUT2D eigenvalue weighted by molar-refractivity contribution is 5.92. The Morgan fingerprint density at radius 1 is 1.12 bits per heavy atom. The van der Waals surface area contributed by atoms with E-state index < -0.39 is 5.91 Å². The molecule has 0 spiro atoms. The summed E-state index contributed by atoms with van der Waals surface area (Å²) in [6, 6.07) is 18.1. The van der Waals surface area contributed by atoms with Crippen molar-refractivity contribution in [1.82, 2.24) is 9.80 Å². The van der Waals surface area contributed by atoms with Crippen molar-refractivity contribution in [1.29, 1.82) is 0 Å². The summed E-state index contributed by atoms with van der Waals surface area (Å²) in [5.74, 6) is 0.357. The molecule has 2 aromatic rings. The zero-order valence-electron chi connectivity index (χ0n) is 15.3. The summed E-state index contributed by atoms with van der Waals surface area (Å²) in [5.41, 5.74) is 7.12. The minimum Gasteiger partial charge on any atom is -0.494 e. The second-order valence-corrected chi connectivity index (χ2v) is 6.80. The van der Waals surface area contributed by atoms with Gasteiger partial charge in [0.15, 0.2) is 0 Å². The number of ether oxygens (including phenoxy) is 1. The van der Waals surface area contributed by atoms with Crippen LogP contribution in [0.15, 0.2) is 54.6 Å². The van der Waals surface area contributed by atoms with E-state index in [9.17, 15) is 4.79 Å². The van der Waals surface area contributed by atoms with E-state index in [1.807, 2.05) is 0 Å². The smallest absolute Gasteiger partial charge is 0.248 e. The van der Waals surface area contributed by atoms with Crippen LogP contribution in [-0.4, -0.2) is 55.5 Å². The lowest BCUT2D eigenvalue weighted by molar-refractivity contribution is 0.0911. The summed E-state index contributed by atoms with van der Waals surface area (Å²) in [7, 11) is 2.20. The van der Waals surface area contributed by atoms with Crippen molar-refractivity contribution in [2.24, 2.45) is 5.73 Å². The van der Waals surface area contributed by atoms with Gasteiger partial charge in [0.05, 0.1) is 6.61 Å². The molecule has 1 aliphatic rings. The zero-order valence-corrected chi connectivity index (χ0v) is 15.3. The second-order valence-electron chi connectivity index (χ2n) is 6.80. The van der Waals surface area contributed by atoms with E-state index in [0.29, 0.717) is 18.2 Å². The van der Waals surface area contributed by atoms with Gasteiger partial charge in [0, 0.05) is 37.8 Å². The minimum atomic E-state index is -0.417. The van der Waals surface area contributed by atoms with Crippen LogP contribution in [-0.2, 0) is 0 Å². The van der Waals surface area contributed by atoms with Crippen molar-refractivity contribution >= 4 is 5.91 Å². The number of hydrogen-bond donors (Lipinski definition) is 1. The van der Waals surface area contributed by atoms with Crippen LogP contribution in [0.3, 0.4) is 0 Å². The molecule has 1 amide bonds. The average molecular weight is 353 g/mol. The third kappa shape index (κ3) is 4.84. The molecule has 1 unspecified atom stereocenters. The highest BCUT2D eigenvalue weighted by Crippen LogP contribution is 2.23. The van der Waals surface area contributed by atoms with E-state index in [-0.39, 0.29) is 0 Å². The van der Waals surface area contributed by atoms with Crippen LogP contribution in [0, 0.1) is 0 Å². The number of carbonyl (C=O) groups excluding carboxylic acids is 1. The Hall–Kier alpha value is -2.37. The molecule has 3 rings (SSSR count). The van der Waals surface area contributed by atoms with Gasteiger partial charge in [-0.15, -0.1) is 0 Å². The molecule has 1 saturated heterocycles. The van der Waals surface area contributed by atoms with Crippen molar-refractivity contribution in [3.8, 4) is 5.75 Å². The molecule has 0 saturated carbocycles. The fourth-order valence-corrected chi connectivity index (χ4v) is 3.36. The predicted molar refractivity (Wildman–Crippen MR) is 103 cm³/mol. The lowest BCUT2D eigenvalue weighted by atomic mass is 10.0. The number of hydrogen-bond acceptors (Lipinski definition) is 4. The summed E-state index contributed by atoms with van der Waals surface area (Å²) < 4.78 is 5.78. The Balaban J connectivity index is 1.44. The average Bonchev–Trinajstić information content (AvgIpc) is 2.67. The molecule has 1 fully saturated rings. The van der Waals surface area contributed by atoms with E-state index in [1.165, 1.54) is 5.56 Å². The van der Waals surface area contributed by atoms with Gasteiger partial charge in [0.1, 0.15) is 5.75 Å². The first-order valence-corrected chi connectivity index (χ1v) is 9.13. The third-order valence-electron chi connectivity index (χ3n) is 4.94. The first-order chi connectivity index (χ1) is 12.6. The van der Waals surface area contributed by atoms with E-state index in [0.717, 1.165) is 38.3 Å². The first kappa shape index (κ1) is 18.4. The van der Waals surface area contributed by atoms with Gasteiger partial charge < -0.3 is 15.4 Å². The predicted octanol–water partition coefficient (Wildman–Crippen LogP) is 2.54. The molecular weight excluding hydrogens is 326 g/mol.